The highest BCUT2D eigenvalue weighted by Crippen LogP contribution is 2.28. The zero-order valence-electron chi connectivity index (χ0n) is 10.9. The predicted octanol–water partition coefficient (Wildman–Crippen LogP) is 3.19. The molecule has 0 amide bonds. The lowest BCUT2D eigenvalue weighted by Crippen LogP contribution is -2.34. The van der Waals surface area contributed by atoms with Gasteiger partial charge < -0.3 is 10.1 Å². The van der Waals surface area contributed by atoms with Crippen LogP contribution in [0.2, 0.25) is 0 Å². The van der Waals surface area contributed by atoms with Crippen molar-refractivity contribution in [3.05, 3.63) is 0 Å². The molecule has 2 nitrogen and oxygen atoms in total. The molecule has 2 atom stereocenters. The summed E-state index contributed by atoms with van der Waals surface area (Å²) in [5, 5.41) is 3.90. The summed E-state index contributed by atoms with van der Waals surface area (Å²) in [7, 11) is 1.77. The molecule has 96 valence electrons. The highest BCUT2D eigenvalue weighted by molar-refractivity contribution is 6.20. The van der Waals surface area contributed by atoms with Gasteiger partial charge in [0.25, 0.3) is 0 Å². The molecule has 0 aliphatic heterocycles. The van der Waals surface area contributed by atoms with Gasteiger partial charge >= 0.3 is 0 Å². The summed E-state index contributed by atoms with van der Waals surface area (Å²) in [6.07, 6.45) is 6.18. The molecule has 0 aromatic rings. The van der Waals surface area contributed by atoms with Gasteiger partial charge in [-0.1, -0.05) is 12.8 Å². The lowest BCUT2D eigenvalue weighted by Gasteiger charge is -2.28. The van der Waals surface area contributed by atoms with E-state index in [0.29, 0.717) is 11.3 Å². The molecule has 1 aliphatic carbocycles. The lowest BCUT2D eigenvalue weighted by atomic mass is 9.88. The molecule has 0 radical (unpaired) electrons. The second-order valence-electron chi connectivity index (χ2n) is 5.48. The summed E-state index contributed by atoms with van der Waals surface area (Å²) in [6.45, 7) is 6.33. The zero-order chi connectivity index (χ0) is 12.0. The monoisotopic (exact) mass is 247 g/mol. The fraction of sp³-hybridized carbons (Fsp3) is 1.00. The molecule has 0 bridgehead atoms. The minimum Gasteiger partial charge on any atom is -0.379 e. The van der Waals surface area contributed by atoms with Crippen LogP contribution in [0.1, 0.15) is 46.0 Å². The van der Waals surface area contributed by atoms with E-state index in [-0.39, 0.29) is 5.60 Å². The topological polar surface area (TPSA) is 21.3 Å². The molecule has 1 saturated carbocycles. The Morgan fingerprint density at radius 3 is 2.62 bits per heavy atom. The summed E-state index contributed by atoms with van der Waals surface area (Å²) >= 11 is 6.31. The Balaban J connectivity index is 2.10. The van der Waals surface area contributed by atoms with Crippen LogP contribution in [-0.4, -0.2) is 31.2 Å². The molecule has 1 aliphatic rings. The van der Waals surface area contributed by atoms with Gasteiger partial charge in [0, 0.05) is 12.5 Å². The summed E-state index contributed by atoms with van der Waals surface area (Å²) in [6, 6.07) is 0. The molecule has 16 heavy (non-hydrogen) atoms. The molecule has 0 aromatic carbocycles. The van der Waals surface area contributed by atoms with Crippen LogP contribution in [0.4, 0.5) is 0 Å². The minimum absolute atomic E-state index is 0.0140. The molecule has 0 saturated heterocycles. The van der Waals surface area contributed by atoms with Gasteiger partial charge in [-0.2, -0.15) is 0 Å². The molecule has 1 fully saturated rings. The Kier molecular flexibility index (Phi) is 6.09. The molecular weight excluding hydrogens is 222 g/mol. The van der Waals surface area contributed by atoms with Crippen molar-refractivity contribution in [2.75, 3.05) is 20.2 Å². The van der Waals surface area contributed by atoms with E-state index in [2.05, 4.69) is 19.2 Å². The summed E-state index contributed by atoms with van der Waals surface area (Å²) in [5.74, 6) is 0.668. The maximum atomic E-state index is 6.31. The third-order valence-electron chi connectivity index (χ3n) is 3.68. The summed E-state index contributed by atoms with van der Waals surface area (Å²) in [4.78, 5) is 0. The molecular formula is C13H26ClNO. The first kappa shape index (κ1) is 14.3. The second-order valence-corrected chi connectivity index (χ2v) is 6.04. The molecule has 3 heteroatoms. The van der Waals surface area contributed by atoms with Crippen molar-refractivity contribution in [2.45, 2.75) is 56.9 Å². The molecule has 1 rings (SSSR count). The lowest BCUT2D eigenvalue weighted by molar-refractivity contribution is 0.0157. The Bertz CT molecular complexity index is 196. The van der Waals surface area contributed by atoms with Crippen molar-refractivity contribution in [2.24, 2.45) is 5.92 Å². The fourth-order valence-corrected chi connectivity index (χ4v) is 2.54. The number of nitrogens with one attached hydrogen (secondary N) is 1. The first-order valence-corrected chi connectivity index (χ1v) is 6.89. The first-order chi connectivity index (χ1) is 7.55. The van der Waals surface area contributed by atoms with Gasteiger partial charge in [0.1, 0.15) is 0 Å². The standard InChI is InChI=1S/C13H26ClNO/c1-13(2,16-3)8-9-15-10-11-6-4-5-7-12(11)14/h11-12,15H,4-10H2,1-3H3. The van der Waals surface area contributed by atoms with Crippen LogP contribution in [0.15, 0.2) is 0 Å². The smallest absolute Gasteiger partial charge is 0.0634 e. The molecule has 0 heterocycles. The Morgan fingerprint density at radius 1 is 1.31 bits per heavy atom. The Morgan fingerprint density at radius 2 is 2.00 bits per heavy atom. The van der Waals surface area contributed by atoms with Crippen LogP contribution in [0.5, 0.6) is 0 Å². The van der Waals surface area contributed by atoms with Gasteiger partial charge in [-0.15, -0.1) is 11.6 Å². The minimum atomic E-state index is -0.0140. The number of hydrogen-bond acceptors (Lipinski definition) is 2. The third-order valence-corrected chi connectivity index (χ3v) is 4.25. The van der Waals surface area contributed by atoms with Gasteiger partial charge in [0.2, 0.25) is 0 Å². The molecule has 0 spiro atoms. The molecule has 0 aromatic heterocycles. The third kappa shape index (κ3) is 5.03. The average Bonchev–Trinajstić information content (AvgIpc) is 2.27. The number of alkyl halides is 1. The Labute approximate surface area is 105 Å². The van der Waals surface area contributed by atoms with Crippen LogP contribution in [0.3, 0.4) is 0 Å². The van der Waals surface area contributed by atoms with E-state index in [1.807, 2.05) is 0 Å². The van der Waals surface area contributed by atoms with E-state index in [4.69, 9.17) is 16.3 Å². The van der Waals surface area contributed by atoms with E-state index in [0.717, 1.165) is 19.5 Å². The van der Waals surface area contributed by atoms with Crippen molar-refractivity contribution in [3.63, 3.8) is 0 Å². The van der Waals surface area contributed by atoms with E-state index < -0.39 is 0 Å². The summed E-state index contributed by atoms with van der Waals surface area (Å²) in [5.41, 5.74) is -0.0140. The van der Waals surface area contributed by atoms with Crippen LogP contribution < -0.4 is 5.32 Å². The largest absolute Gasteiger partial charge is 0.379 e. The summed E-state index contributed by atoms with van der Waals surface area (Å²) < 4.78 is 5.38. The number of hydrogen-bond donors (Lipinski definition) is 1. The highest BCUT2D eigenvalue weighted by atomic mass is 35.5. The van der Waals surface area contributed by atoms with Crippen molar-refractivity contribution in [1.29, 1.82) is 0 Å². The number of ether oxygens (including phenoxy) is 1. The first-order valence-electron chi connectivity index (χ1n) is 6.45. The number of rotatable bonds is 6. The maximum Gasteiger partial charge on any atom is 0.0634 e. The average molecular weight is 248 g/mol. The normalized spacial score (nSPS) is 27.0. The van der Waals surface area contributed by atoms with Crippen molar-refractivity contribution >= 4 is 11.6 Å². The number of halogens is 1. The highest BCUT2D eigenvalue weighted by Gasteiger charge is 2.23. The van der Waals surface area contributed by atoms with Crippen LogP contribution in [-0.2, 0) is 4.74 Å². The zero-order valence-corrected chi connectivity index (χ0v) is 11.6. The van der Waals surface area contributed by atoms with E-state index in [1.165, 1.54) is 25.7 Å². The van der Waals surface area contributed by atoms with E-state index in [1.54, 1.807) is 7.11 Å². The van der Waals surface area contributed by atoms with Crippen molar-refractivity contribution in [1.82, 2.24) is 5.32 Å². The van der Waals surface area contributed by atoms with Gasteiger partial charge in [-0.25, -0.2) is 0 Å². The Hall–Kier alpha value is 0.210. The molecule has 2 unspecified atom stereocenters. The van der Waals surface area contributed by atoms with Crippen LogP contribution in [0, 0.1) is 5.92 Å². The fourth-order valence-electron chi connectivity index (χ4n) is 2.17. The van der Waals surface area contributed by atoms with Crippen molar-refractivity contribution in [3.8, 4) is 0 Å². The quantitative estimate of drug-likeness (QED) is 0.575. The van der Waals surface area contributed by atoms with Crippen LogP contribution in [0.25, 0.3) is 0 Å². The van der Waals surface area contributed by atoms with E-state index >= 15 is 0 Å². The van der Waals surface area contributed by atoms with Gasteiger partial charge in [-0.05, 0) is 52.1 Å². The van der Waals surface area contributed by atoms with Gasteiger partial charge in [0.05, 0.1) is 5.60 Å². The van der Waals surface area contributed by atoms with Crippen LogP contribution >= 0.6 is 11.6 Å². The van der Waals surface area contributed by atoms with Gasteiger partial charge in [0.15, 0.2) is 0 Å². The SMILES string of the molecule is COC(C)(C)CCNCC1CCCCC1Cl. The molecule has 1 N–H and O–H groups in total. The van der Waals surface area contributed by atoms with Crippen molar-refractivity contribution < 1.29 is 4.74 Å². The number of methoxy groups -OCH3 is 1. The van der Waals surface area contributed by atoms with Gasteiger partial charge in [-0.3, -0.25) is 0 Å². The predicted molar refractivity (Wildman–Crippen MR) is 70.2 cm³/mol. The maximum absolute atomic E-state index is 6.31. The second kappa shape index (κ2) is 6.83. The van der Waals surface area contributed by atoms with E-state index in [9.17, 15) is 0 Å².